The zero-order valence-corrected chi connectivity index (χ0v) is 25.2. The third kappa shape index (κ3) is 8.56. The maximum absolute atomic E-state index is 13.1. The first kappa shape index (κ1) is 34.3. The molecule has 1 aliphatic rings. The van der Waals surface area contributed by atoms with E-state index >= 15 is 0 Å². The molecule has 3 aromatic carbocycles. The Morgan fingerprint density at radius 2 is 1.70 bits per heavy atom. The number of methoxy groups -OCH3 is 1. The molecule has 0 aliphatic heterocycles. The largest absolute Gasteiger partial charge is 0.493 e. The highest BCUT2D eigenvalue weighted by Crippen LogP contribution is 2.36. The number of halogens is 3. The van der Waals surface area contributed by atoms with Gasteiger partial charge in [-0.2, -0.15) is 17.9 Å². The molecule has 0 saturated heterocycles. The van der Waals surface area contributed by atoms with Gasteiger partial charge in [-0.05, 0) is 67.5 Å². The first-order valence-corrected chi connectivity index (χ1v) is 14.4. The van der Waals surface area contributed by atoms with E-state index in [1.165, 1.54) is 0 Å². The van der Waals surface area contributed by atoms with Gasteiger partial charge in [-0.15, -0.1) is 5.10 Å². The van der Waals surface area contributed by atoms with Gasteiger partial charge in [0, 0.05) is 11.5 Å². The van der Waals surface area contributed by atoms with Crippen molar-refractivity contribution in [3.63, 3.8) is 0 Å². The molecule has 1 amide bonds. The number of carboxylic acids is 1. The van der Waals surface area contributed by atoms with Crippen molar-refractivity contribution in [1.29, 1.82) is 5.41 Å². The smallest absolute Gasteiger partial charge is 0.490 e. The van der Waals surface area contributed by atoms with E-state index in [1.807, 2.05) is 30.3 Å². The monoisotopic (exact) mass is 654 g/mol. The van der Waals surface area contributed by atoms with Gasteiger partial charge in [-0.1, -0.05) is 42.5 Å². The number of carboxylic acid groups (broad SMARTS) is 1. The summed E-state index contributed by atoms with van der Waals surface area (Å²) < 4.78 is 44.8. The molecule has 5 rings (SSSR count). The van der Waals surface area contributed by atoms with Crippen LogP contribution in [0.1, 0.15) is 64.5 Å². The fourth-order valence-electron chi connectivity index (χ4n) is 5.14. The number of nitrogen functional groups attached to an aromatic ring is 1. The van der Waals surface area contributed by atoms with Crippen LogP contribution in [-0.4, -0.2) is 57.0 Å². The van der Waals surface area contributed by atoms with Crippen molar-refractivity contribution >= 4 is 17.7 Å². The second-order valence-electron chi connectivity index (χ2n) is 10.7. The third-order valence-corrected chi connectivity index (χ3v) is 7.50. The maximum atomic E-state index is 13.1. The molecule has 0 radical (unpaired) electrons. The zero-order valence-electron chi connectivity index (χ0n) is 25.2. The Kier molecular flexibility index (Phi) is 10.7. The van der Waals surface area contributed by atoms with Crippen molar-refractivity contribution in [2.45, 2.75) is 50.3 Å². The average Bonchev–Trinajstić information content (AvgIpc) is 3.69. The summed E-state index contributed by atoms with van der Waals surface area (Å²) in [7, 11) is 1.60. The summed E-state index contributed by atoms with van der Waals surface area (Å²) >= 11 is 0. The van der Waals surface area contributed by atoms with Crippen molar-refractivity contribution in [2.24, 2.45) is 11.5 Å². The van der Waals surface area contributed by atoms with Crippen LogP contribution in [-0.2, 0) is 11.2 Å². The number of hydrogen-bond donors (Lipinski definition) is 5. The van der Waals surface area contributed by atoms with Crippen LogP contribution in [0.3, 0.4) is 0 Å². The lowest BCUT2D eigenvalue weighted by atomic mass is 9.90. The number of aromatic amines is 1. The molecule has 15 heteroatoms. The lowest BCUT2D eigenvalue weighted by Crippen LogP contribution is -2.21. The summed E-state index contributed by atoms with van der Waals surface area (Å²) in [6.07, 6.45) is -0.0683. The van der Waals surface area contributed by atoms with Gasteiger partial charge in [-0.3, -0.25) is 15.2 Å². The summed E-state index contributed by atoms with van der Waals surface area (Å²) in [5, 5.41) is 19.4. The number of benzene rings is 3. The molecule has 1 heterocycles. The van der Waals surface area contributed by atoms with Gasteiger partial charge in [0.15, 0.2) is 11.5 Å². The summed E-state index contributed by atoms with van der Waals surface area (Å²) in [6, 6.07) is 19.7. The highest BCUT2D eigenvalue weighted by atomic mass is 19.4. The number of rotatable bonds is 10. The predicted molar refractivity (Wildman–Crippen MR) is 165 cm³/mol. The van der Waals surface area contributed by atoms with Crippen molar-refractivity contribution in [3.8, 4) is 17.2 Å². The number of nitrogens with zero attached hydrogens (tertiary/aromatic N) is 2. The van der Waals surface area contributed by atoms with Gasteiger partial charge in [0.05, 0.1) is 24.5 Å². The summed E-state index contributed by atoms with van der Waals surface area (Å²) in [6.45, 7) is 0. The van der Waals surface area contributed by atoms with E-state index in [-0.39, 0.29) is 23.4 Å². The average molecular weight is 655 g/mol. The number of amides is 1. The number of nitrogens with two attached hydrogens (primary N) is 2. The number of amidine groups is 1. The van der Waals surface area contributed by atoms with Crippen LogP contribution in [0.4, 0.5) is 13.2 Å². The second kappa shape index (κ2) is 14.7. The van der Waals surface area contributed by atoms with Crippen LogP contribution in [0.25, 0.3) is 5.69 Å². The van der Waals surface area contributed by atoms with E-state index < -0.39 is 23.7 Å². The number of aliphatic carboxylic acids is 1. The van der Waals surface area contributed by atoms with E-state index in [2.05, 4.69) is 10.1 Å². The number of aromatic nitrogens is 3. The minimum absolute atomic E-state index is 0.0122. The standard InChI is InChI=1S/C30H32N6O4.C2HF3O2/c1-39-26-17-20(14-15-25(26)40-21-6-2-3-7-21)23(16-18-10-12-19(13-11-18)27(31)32)29-34-30(38)36(35-29)24-9-5-4-8-22(24)28(33)37;3-2(4,5)1(6)7/h4-5,8-15,17,21,23H,2-3,6-7,16H2,1H3,(H3,31,32)(H2,33,37)(H,34,35,38);(H,6,7). The van der Waals surface area contributed by atoms with Crippen LogP contribution >= 0.6 is 0 Å². The first-order chi connectivity index (χ1) is 22.3. The second-order valence-corrected chi connectivity index (χ2v) is 10.7. The van der Waals surface area contributed by atoms with Gasteiger partial charge in [0.1, 0.15) is 11.7 Å². The SMILES string of the molecule is COc1cc(C(Cc2ccc(C(=N)N)cc2)c2nn(-c3ccccc3C(N)=O)c(=O)[nH]2)ccc1OC1CCCC1.O=C(O)C(F)(F)F. The lowest BCUT2D eigenvalue weighted by Gasteiger charge is -2.20. The molecule has 1 aromatic heterocycles. The lowest BCUT2D eigenvalue weighted by molar-refractivity contribution is -0.192. The Bertz CT molecular complexity index is 1800. The normalized spacial score (nSPS) is 13.7. The minimum atomic E-state index is -5.08. The highest BCUT2D eigenvalue weighted by molar-refractivity contribution is 5.96. The first-order valence-electron chi connectivity index (χ1n) is 14.4. The number of carbonyl (C=O) groups excluding carboxylic acids is 1. The number of alkyl halides is 3. The van der Waals surface area contributed by atoms with Crippen LogP contribution < -0.4 is 26.6 Å². The van der Waals surface area contributed by atoms with Gasteiger partial charge >= 0.3 is 17.8 Å². The van der Waals surface area contributed by atoms with Gasteiger partial charge in [-0.25, -0.2) is 9.59 Å². The molecule has 0 spiro atoms. The van der Waals surface area contributed by atoms with E-state index in [0.717, 1.165) is 41.5 Å². The number of nitrogens with one attached hydrogen (secondary N) is 2. The quantitative estimate of drug-likeness (QED) is 0.123. The molecule has 12 nitrogen and oxygen atoms in total. The van der Waals surface area contributed by atoms with Crippen molar-refractivity contribution in [3.05, 3.63) is 105 Å². The molecular weight excluding hydrogens is 621 g/mol. The minimum Gasteiger partial charge on any atom is -0.493 e. The predicted octanol–water partition coefficient (Wildman–Crippen LogP) is 4.28. The molecule has 248 valence electrons. The molecule has 1 fully saturated rings. The van der Waals surface area contributed by atoms with Crippen LogP contribution in [0.2, 0.25) is 0 Å². The Hall–Kier alpha value is -5.60. The molecule has 7 N–H and O–H groups in total. The molecule has 1 aliphatic carbocycles. The number of para-hydroxylation sites is 1. The molecule has 0 bridgehead atoms. The number of H-pyrrole nitrogens is 1. The van der Waals surface area contributed by atoms with Crippen molar-refractivity contribution in [2.75, 3.05) is 7.11 Å². The number of ether oxygens (including phenoxy) is 2. The number of primary amides is 1. The number of hydrogen-bond acceptors (Lipinski definition) is 7. The third-order valence-electron chi connectivity index (χ3n) is 7.50. The Labute approximate surface area is 266 Å². The van der Waals surface area contributed by atoms with Gasteiger partial charge in [0.25, 0.3) is 5.91 Å². The van der Waals surface area contributed by atoms with Crippen LogP contribution in [0, 0.1) is 5.41 Å². The van der Waals surface area contributed by atoms with Gasteiger partial charge < -0.3 is 26.0 Å². The van der Waals surface area contributed by atoms with E-state index in [9.17, 15) is 22.8 Å². The van der Waals surface area contributed by atoms with Gasteiger partial charge in [0.2, 0.25) is 0 Å². The Balaban J connectivity index is 0.000000644. The Morgan fingerprint density at radius 1 is 1.06 bits per heavy atom. The summed E-state index contributed by atoms with van der Waals surface area (Å²) in [5.74, 6) is -2.12. The van der Waals surface area contributed by atoms with Crippen LogP contribution in [0.5, 0.6) is 11.5 Å². The van der Waals surface area contributed by atoms with E-state index in [4.69, 9.17) is 36.3 Å². The summed E-state index contributed by atoms with van der Waals surface area (Å²) in [4.78, 5) is 36.9. The fraction of sp³-hybridized carbons (Fsp3) is 0.281. The molecule has 1 atom stereocenters. The van der Waals surface area contributed by atoms with Crippen LogP contribution in [0.15, 0.2) is 71.5 Å². The number of carbonyl (C=O) groups is 2. The molecule has 1 unspecified atom stereocenters. The fourth-order valence-corrected chi connectivity index (χ4v) is 5.14. The van der Waals surface area contributed by atoms with Crippen molar-refractivity contribution in [1.82, 2.24) is 14.8 Å². The Morgan fingerprint density at radius 3 is 2.28 bits per heavy atom. The van der Waals surface area contributed by atoms with E-state index in [0.29, 0.717) is 35.0 Å². The molecule has 1 saturated carbocycles. The molecule has 47 heavy (non-hydrogen) atoms. The molecule has 4 aromatic rings. The van der Waals surface area contributed by atoms with E-state index in [1.54, 1.807) is 43.5 Å². The van der Waals surface area contributed by atoms with Crippen molar-refractivity contribution < 1.29 is 37.3 Å². The zero-order chi connectivity index (χ0) is 34.3. The highest BCUT2D eigenvalue weighted by Gasteiger charge is 2.38. The maximum Gasteiger partial charge on any atom is 0.490 e. The molecular formula is C32H33F3N6O6. The topological polar surface area (TPSA) is 199 Å². The summed E-state index contributed by atoms with van der Waals surface area (Å²) in [5.41, 5.74) is 13.6.